The number of fused-ring (bicyclic) bond motifs is 1. The number of rotatable bonds is 3. The van der Waals surface area contributed by atoms with Crippen LogP contribution in [0.25, 0.3) is 38.1 Å². The molecule has 0 aliphatic carbocycles. The summed E-state index contributed by atoms with van der Waals surface area (Å²) in [6, 6.07) is 13.8. The molecule has 0 amide bonds. The Balaban J connectivity index is 1.83. The number of pyridine rings is 2. The van der Waals surface area contributed by atoms with E-state index in [0.29, 0.717) is 5.82 Å². The highest BCUT2D eigenvalue weighted by Crippen LogP contribution is 2.33. The fraction of sp³-hybridized carbons (Fsp3) is 0.217. The smallest absolute Gasteiger partial charge is 0.270 e. The van der Waals surface area contributed by atoms with E-state index in [1.54, 1.807) is 12.3 Å². The lowest BCUT2D eigenvalue weighted by atomic mass is 9.97. The molecule has 0 aliphatic heterocycles. The van der Waals surface area contributed by atoms with Crippen LogP contribution in [0.15, 0.2) is 61.1 Å². The van der Waals surface area contributed by atoms with Gasteiger partial charge in [-0.15, -0.1) is 4.98 Å². The molecule has 138 valence electrons. The van der Waals surface area contributed by atoms with Gasteiger partial charge in [-0.3, -0.25) is 9.67 Å². The zero-order valence-corrected chi connectivity index (χ0v) is 16.2. The average molecular weight is 367 g/mol. The lowest BCUT2D eigenvalue weighted by Gasteiger charge is -2.17. The van der Waals surface area contributed by atoms with Crippen molar-refractivity contribution < 1.29 is 0 Å². The molecule has 0 saturated heterocycles. The summed E-state index contributed by atoms with van der Waals surface area (Å²) in [4.78, 5) is 12.6. The van der Waals surface area contributed by atoms with Gasteiger partial charge >= 0.3 is 0 Å². The molecular formula is C23H21N5. The summed E-state index contributed by atoms with van der Waals surface area (Å²) >= 11 is 0. The van der Waals surface area contributed by atoms with E-state index >= 15 is 0 Å². The van der Waals surface area contributed by atoms with Gasteiger partial charge in [0.05, 0.1) is 11.7 Å². The summed E-state index contributed by atoms with van der Waals surface area (Å²) in [5.74, 6) is 0.377. The molecule has 0 radical (unpaired) electrons. The number of hydrogen-bond acceptors (Lipinski definition) is 3. The van der Waals surface area contributed by atoms with E-state index in [1.807, 2.05) is 53.5 Å². The van der Waals surface area contributed by atoms with Crippen molar-refractivity contribution in [1.29, 1.82) is 0 Å². The molecule has 0 unspecified atom stereocenters. The molecule has 4 aromatic rings. The van der Waals surface area contributed by atoms with E-state index in [4.69, 9.17) is 6.57 Å². The molecular weight excluding hydrogens is 346 g/mol. The Morgan fingerprint density at radius 1 is 1.07 bits per heavy atom. The molecule has 0 N–H and O–H groups in total. The fourth-order valence-corrected chi connectivity index (χ4v) is 3.25. The minimum absolute atomic E-state index is 0.141. The Morgan fingerprint density at radius 2 is 1.93 bits per heavy atom. The highest BCUT2D eigenvalue weighted by atomic mass is 15.3. The fourth-order valence-electron chi connectivity index (χ4n) is 3.25. The molecule has 0 atom stereocenters. The zero-order valence-electron chi connectivity index (χ0n) is 16.2. The number of nitrogens with zero attached hydrogens (tertiary/aromatic N) is 5. The largest absolute Gasteiger partial charge is 0.361 e. The maximum atomic E-state index is 7.35. The van der Waals surface area contributed by atoms with Gasteiger partial charge in [0, 0.05) is 41.0 Å². The van der Waals surface area contributed by atoms with Crippen LogP contribution in [0.2, 0.25) is 0 Å². The SMILES string of the molecule is [C-]#[N+]c1ccc(-c2cnn(CC(C)(C)C)c2)c(-c2ccc3cccnc3c2)n1. The quantitative estimate of drug-likeness (QED) is 0.433. The van der Waals surface area contributed by atoms with E-state index in [1.165, 1.54) is 0 Å². The van der Waals surface area contributed by atoms with Gasteiger partial charge in [-0.1, -0.05) is 45.5 Å². The predicted octanol–water partition coefficient (Wildman–Crippen LogP) is 5.76. The first kappa shape index (κ1) is 17.9. The molecule has 28 heavy (non-hydrogen) atoms. The Labute approximate surface area is 164 Å². The normalized spacial score (nSPS) is 11.5. The lowest BCUT2D eigenvalue weighted by molar-refractivity contribution is 0.325. The molecule has 0 bridgehead atoms. The second-order valence-electron chi connectivity index (χ2n) is 8.08. The van der Waals surface area contributed by atoms with Crippen LogP contribution in [0.1, 0.15) is 20.8 Å². The third-order valence-corrected chi connectivity index (χ3v) is 4.46. The van der Waals surface area contributed by atoms with E-state index in [2.05, 4.69) is 40.7 Å². The Kier molecular flexibility index (Phi) is 4.40. The monoisotopic (exact) mass is 367 g/mol. The van der Waals surface area contributed by atoms with E-state index in [-0.39, 0.29) is 5.41 Å². The number of benzene rings is 1. The van der Waals surface area contributed by atoms with Crippen molar-refractivity contribution in [2.24, 2.45) is 5.41 Å². The van der Waals surface area contributed by atoms with E-state index in [0.717, 1.165) is 39.8 Å². The minimum Gasteiger partial charge on any atom is -0.361 e. The van der Waals surface area contributed by atoms with Gasteiger partial charge in [0.15, 0.2) is 5.69 Å². The highest BCUT2D eigenvalue weighted by molar-refractivity contribution is 5.88. The molecule has 0 spiro atoms. The van der Waals surface area contributed by atoms with Gasteiger partial charge in [-0.25, -0.2) is 0 Å². The standard InChI is InChI=1S/C23H21N5/c1-23(2,3)15-28-14-18(13-26-28)19-9-10-21(24-4)27-22(19)17-8-7-16-6-5-11-25-20(16)12-17/h5-14H,15H2,1-3H3. The average Bonchev–Trinajstić information content (AvgIpc) is 3.13. The zero-order chi connectivity index (χ0) is 19.7. The Hall–Kier alpha value is -3.52. The van der Waals surface area contributed by atoms with Crippen LogP contribution in [-0.4, -0.2) is 19.7 Å². The van der Waals surface area contributed by atoms with Gasteiger partial charge < -0.3 is 4.85 Å². The number of aromatic nitrogens is 4. The van der Waals surface area contributed by atoms with Crippen LogP contribution in [0.3, 0.4) is 0 Å². The third-order valence-electron chi connectivity index (χ3n) is 4.46. The summed E-state index contributed by atoms with van der Waals surface area (Å²) in [6.07, 6.45) is 5.69. The van der Waals surface area contributed by atoms with Crippen molar-refractivity contribution in [3.8, 4) is 22.4 Å². The van der Waals surface area contributed by atoms with Crippen LogP contribution in [0, 0.1) is 12.0 Å². The highest BCUT2D eigenvalue weighted by Gasteiger charge is 2.18. The lowest BCUT2D eigenvalue weighted by Crippen LogP contribution is -2.15. The van der Waals surface area contributed by atoms with Crippen molar-refractivity contribution in [1.82, 2.24) is 19.7 Å². The summed E-state index contributed by atoms with van der Waals surface area (Å²) in [5, 5.41) is 5.60. The summed E-state index contributed by atoms with van der Waals surface area (Å²) in [7, 11) is 0. The predicted molar refractivity (Wildman–Crippen MR) is 112 cm³/mol. The second-order valence-corrected chi connectivity index (χ2v) is 8.08. The maximum absolute atomic E-state index is 7.35. The Morgan fingerprint density at radius 3 is 2.71 bits per heavy atom. The summed E-state index contributed by atoms with van der Waals surface area (Å²) in [6.45, 7) is 14.7. The van der Waals surface area contributed by atoms with Crippen molar-refractivity contribution in [3.05, 3.63) is 72.5 Å². The van der Waals surface area contributed by atoms with Crippen LogP contribution in [0.4, 0.5) is 5.82 Å². The van der Waals surface area contributed by atoms with E-state index in [9.17, 15) is 0 Å². The topological polar surface area (TPSA) is 48.0 Å². The molecule has 1 aromatic carbocycles. The molecule has 5 heteroatoms. The van der Waals surface area contributed by atoms with Crippen molar-refractivity contribution in [3.63, 3.8) is 0 Å². The Bertz CT molecular complexity index is 1190. The first-order valence-electron chi connectivity index (χ1n) is 9.19. The van der Waals surface area contributed by atoms with Gasteiger partial charge in [0.2, 0.25) is 0 Å². The van der Waals surface area contributed by atoms with Gasteiger partial charge in [-0.05, 0) is 29.7 Å². The number of hydrogen-bond donors (Lipinski definition) is 0. The second kappa shape index (κ2) is 6.90. The van der Waals surface area contributed by atoms with Crippen LogP contribution >= 0.6 is 0 Å². The van der Waals surface area contributed by atoms with Crippen molar-refractivity contribution in [2.45, 2.75) is 27.3 Å². The van der Waals surface area contributed by atoms with Crippen LogP contribution in [0.5, 0.6) is 0 Å². The van der Waals surface area contributed by atoms with E-state index < -0.39 is 0 Å². The van der Waals surface area contributed by atoms with Crippen LogP contribution < -0.4 is 0 Å². The maximum Gasteiger partial charge on any atom is 0.270 e. The molecule has 0 saturated carbocycles. The van der Waals surface area contributed by atoms with Crippen molar-refractivity contribution >= 4 is 16.7 Å². The third kappa shape index (κ3) is 3.63. The molecule has 4 rings (SSSR count). The first-order chi connectivity index (χ1) is 13.4. The summed E-state index contributed by atoms with van der Waals surface area (Å²) < 4.78 is 1.96. The summed E-state index contributed by atoms with van der Waals surface area (Å²) in [5.41, 5.74) is 4.71. The van der Waals surface area contributed by atoms with Gasteiger partial charge in [0.25, 0.3) is 5.82 Å². The molecule has 0 fully saturated rings. The minimum atomic E-state index is 0.141. The first-order valence-corrected chi connectivity index (χ1v) is 9.19. The van der Waals surface area contributed by atoms with Gasteiger partial charge in [0.1, 0.15) is 0 Å². The molecule has 5 nitrogen and oxygen atoms in total. The van der Waals surface area contributed by atoms with Gasteiger partial charge in [-0.2, -0.15) is 5.10 Å². The molecule has 3 aromatic heterocycles. The van der Waals surface area contributed by atoms with Crippen molar-refractivity contribution in [2.75, 3.05) is 0 Å². The van der Waals surface area contributed by atoms with Crippen LogP contribution in [-0.2, 0) is 6.54 Å². The molecule has 0 aliphatic rings. The molecule has 3 heterocycles.